The minimum absolute atomic E-state index is 0.132. The van der Waals surface area contributed by atoms with E-state index in [4.69, 9.17) is 30.9 Å². The average molecular weight is 866 g/mol. The summed E-state index contributed by atoms with van der Waals surface area (Å²) in [4.78, 5) is 74.1. The number of carbonyl (C=O) groups is 5. The van der Waals surface area contributed by atoms with E-state index in [1.54, 1.807) is 59.0 Å². The van der Waals surface area contributed by atoms with E-state index in [0.717, 1.165) is 0 Å². The van der Waals surface area contributed by atoms with Gasteiger partial charge < -0.3 is 40.5 Å². The summed E-state index contributed by atoms with van der Waals surface area (Å²) in [5.41, 5.74) is 15.6. The van der Waals surface area contributed by atoms with Crippen LogP contribution in [0, 0.1) is 19.8 Å². The van der Waals surface area contributed by atoms with E-state index in [2.05, 4.69) is 26.1 Å². The fraction of sp³-hybridized carbons (Fsp3) is 0.405. The van der Waals surface area contributed by atoms with E-state index < -0.39 is 29.5 Å². The molecule has 0 bridgehead atoms. The topological polar surface area (TPSA) is 283 Å². The molecule has 0 fully saturated rings. The quantitative estimate of drug-likeness (QED) is 0.0641. The molecule has 0 radical (unpaired) electrons. The first-order chi connectivity index (χ1) is 30.2. The third kappa shape index (κ3) is 9.03. The van der Waals surface area contributed by atoms with Gasteiger partial charge in [0.05, 0.1) is 47.6 Å². The number of amides is 5. The van der Waals surface area contributed by atoms with Crippen LogP contribution in [0.5, 0.6) is 11.5 Å². The van der Waals surface area contributed by atoms with Crippen LogP contribution in [0.25, 0.3) is 22.1 Å². The third-order valence-corrected chi connectivity index (χ3v) is 10.8. The second kappa shape index (κ2) is 18.4. The van der Waals surface area contributed by atoms with Crippen molar-refractivity contribution in [2.75, 3.05) is 37.0 Å². The fourth-order valence-corrected chi connectivity index (χ4v) is 7.64. The van der Waals surface area contributed by atoms with Crippen molar-refractivity contribution in [3.05, 3.63) is 70.3 Å². The van der Waals surface area contributed by atoms with E-state index in [0.29, 0.717) is 82.9 Å². The Balaban J connectivity index is 1.22. The summed E-state index contributed by atoms with van der Waals surface area (Å²) >= 11 is 0. The molecule has 0 aliphatic carbocycles. The Hall–Kier alpha value is -7.29. The van der Waals surface area contributed by atoms with E-state index >= 15 is 0 Å². The van der Waals surface area contributed by atoms with Crippen LogP contribution in [-0.4, -0.2) is 99.7 Å². The highest BCUT2D eigenvalue weighted by Crippen LogP contribution is 2.39. The first kappa shape index (κ1) is 43.8. The van der Waals surface area contributed by atoms with Gasteiger partial charge in [0.25, 0.3) is 11.8 Å². The second-order valence-corrected chi connectivity index (χ2v) is 15.4. The zero-order chi connectivity index (χ0) is 45.1. The van der Waals surface area contributed by atoms with Crippen molar-refractivity contribution in [1.29, 1.82) is 0 Å². The number of aliphatic hydroxyl groups excluding tert-OH is 1. The van der Waals surface area contributed by atoms with Gasteiger partial charge in [-0.05, 0) is 83.4 Å². The molecule has 0 spiro atoms. The van der Waals surface area contributed by atoms with E-state index in [9.17, 15) is 29.1 Å². The lowest BCUT2D eigenvalue weighted by Crippen LogP contribution is -2.32. The van der Waals surface area contributed by atoms with Gasteiger partial charge in [0.1, 0.15) is 40.5 Å². The molecule has 1 unspecified atom stereocenters. The molecule has 21 nitrogen and oxygen atoms in total. The highest BCUT2D eigenvalue weighted by molar-refractivity contribution is 6.05. The Morgan fingerprint density at radius 2 is 1.43 bits per heavy atom. The molecule has 2 atom stereocenters. The number of benzene rings is 2. The van der Waals surface area contributed by atoms with Crippen LogP contribution in [0.1, 0.15) is 99.2 Å². The number of nitrogens with zero attached hydrogens (tertiary/aromatic N) is 8. The molecule has 5 amide bonds. The first-order valence-electron chi connectivity index (χ1n) is 20.8. The minimum atomic E-state index is -0.709. The van der Waals surface area contributed by atoms with Crippen molar-refractivity contribution in [1.82, 2.24) is 44.0 Å². The monoisotopic (exact) mass is 865 g/mol. The number of rotatable bonds is 19. The molecule has 63 heavy (non-hydrogen) atoms. The van der Waals surface area contributed by atoms with Crippen LogP contribution in [0.3, 0.4) is 0 Å². The number of hydrogen-bond donors (Lipinski definition) is 6. The molecule has 21 heteroatoms. The zero-order valence-electron chi connectivity index (χ0n) is 35.7. The van der Waals surface area contributed by atoms with Crippen molar-refractivity contribution in [2.45, 2.75) is 79.6 Å². The molecule has 5 heterocycles. The smallest absolute Gasteiger partial charge is 0.276 e. The Labute approximate surface area is 361 Å². The average Bonchev–Trinajstić information content (AvgIpc) is 4.03. The molecule has 0 saturated carbocycles. The largest absolute Gasteiger partial charge is 0.491 e. The van der Waals surface area contributed by atoms with Gasteiger partial charge in [-0.1, -0.05) is 6.92 Å². The summed E-state index contributed by atoms with van der Waals surface area (Å²) in [7, 11) is 0. The predicted octanol–water partition coefficient (Wildman–Crippen LogP) is 3.07. The number of imidazole rings is 2. The minimum Gasteiger partial charge on any atom is -0.491 e. The Bertz CT molecular complexity index is 2750. The maximum absolute atomic E-state index is 13.8. The Kier molecular flexibility index (Phi) is 12.8. The molecule has 8 N–H and O–H groups in total. The zero-order valence-corrected chi connectivity index (χ0v) is 35.7. The summed E-state index contributed by atoms with van der Waals surface area (Å²) in [6.45, 7) is 10.5. The van der Waals surface area contributed by atoms with Crippen molar-refractivity contribution in [3.63, 3.8) is 0 Å². The molecule has 1 aliphatic heterocycles. The first-order valence-corrected chi connectivity index (χ1v) is 20.8. The molecule has 1 aliphatic rings. The molecule has 0 saturated heterocycles. The number of fused-ring (bicyclic) bond motifs is 1. The van der Waals surface area contributed by atoms with Crippen molar-refractivity contribution in [3.8, 4) is 11.5 Å². The van der Waals surface area contributed by atoms with Crippen molar-refractivity contribution in [2.24, 2.45) is 17.4 Å². The van der Waals surface area contributed by atoms with Gasteiger partial charge in [0.15, 0.2) is 0 Å². The molecule has 4 aromatic heterocycles. The number of nitrogens with two attached hydrogens (primary N) is 2. The van der Waals surface area contributed by atoms with Crippen LogP contribution >= 0.6 is 0 Å². The number of ether oxygens (including phenoxy) is 2. The van der Waals surface area contributed by atoms with Gasteiger partial charge in [0, 0.05) is 37.3 Å². The van der Waals surface area contributed by atoms with Crippen LogP contribution in [0.2, 0.25) is 0 Å². The summed E-state index contributed by atoms with van der Waals surface area (Å²) in [5.74, 6) is -1.99. The predicted molar refractivity (Wildman–Crippen MR) is 231 cm³/mol. The summed E-state index contributed by atoms with van der Waals surface area (Å²) in [6.07, 6.45) is 1.32. The van der Waals surface area contributed by atoms with Gasteiger partial charge in [-0.2, -0.15) is 10.2 Å². The molecule has 2 aromatic carbocycles. The highest BCUT2D eigenvalue weighted by Gasteiger charge is 2.30. The summed E-state index contributed by atoms with van der Waals surface area (Å²) in [6, 6.07) is 9.17. The number of aliphatic hydroxyl groups is 1. The van der Waals surface area contributed by atoms with E-state index in [-0.39, 0.29) is 73.6 Å². The number of anilines is 2. The summed E-state index contributed by atoms with van der Waals surface area (Å²) < 4.78 is 19.4. The van der Waals surface area contributed by atoms with Gasteiger partial charge in [0.2, 0.25) is 29.6 Å². The second-order valence-electron chi connectivity index (χ2n) is 15.4. The molecule has 332 valence electrons. The lowest BCUT2D eigenvalue weighted by molar-refractivity contribution is -0.125. The van der Waals surface area contributed by atoms with Gasteiger partial charge in [-0.3, -0.25) is 44.0 Å². The highest BCUT2D eigenvalue weighted by atomic mass is 16.5. The third-order valence-electron chi connectivity index (χ3n) is 10.8. The summed E-state index contributed by atoms with van der Waals surface area (Å²) in [5, 5.41) is 26.8. The van der Waals surface area contributed by atoms with Gasteiger partial charge >= 0.3 is 0 Å². The van der Waals surface area contributed by atoms with Crippen LogP contribution in [0.15, 0.2) is 36.4 Å². The Morgan fingerprint density at radius 3 is 2.03 bits per heavy atom. The van der Waals surface area contributed by atoms with Crippen LogP contribution < -0.4 is 36.9 Å². The number of primary amides is 2. The maximum Gasteiger partial charge on any atom is 0.276 e. The number of carbonyl (C=O) groups excluding carboxylic acids is 5. The standard InChI is InChI=1S/C42H51N13O8/c1-6-53-30(14-23(4)50-53)39(60)48-41-46-28-16-25(36(43)57)18-32(62-13-9-11-45-38(59)22(3)20-56)34(28)52(41)12-8-10-27-21-63-33-19-26(37(44)58)17-29-35(33)55(27)42(47-29)49-40(61)31-15-24(5)51-54(31)7-2/h14-19,22,27,56H,6-13,20-21H2,1-5H3,(H2,43,57)(H2,44,58)(H,45,59)(H,46,48,60)(H,47,49,61)/t22?,27-/m0/s1. The number of aryl methyl sites for hydroxylation is 5. The van der Waals surface area contributed by atoms with Gasteiger partial charge in [-0.15, -0.1) is 0 Å². The normalized spacial score (nSPS) is 13.8. The molecule has 6 aromatic rings. The lowest BCUT2D eigenvalue weighted by Gasteiger charge is -2.27. The molecule has 7 rings (SSSR count). The van der Waals surface area contributed by atoms with Crippen LogP contribution in [-0.2, 0) is 24.4 Å². The number of aromatic nitrogens is 8. The van der Waals surface area contributed by atoms with Crippen molar-refractivity contribution < 1.29 is 38.6 Å². The van der Waals surface area contributed by atoms with Gasteiger partial charge in [-0.25, -0.2) is 9.97 Å². The van der Waals surface area contributed by atoms with E-state index in [1.165, 1.54) is 12.1 Å². The molecular formula is C42H51N13O8. The fourth-order valence-electron chi connectivity index (χ4n) is 7.64. The molecular weight excluding hydrogens is 815 g/mol. The SMILES string of the molecule is CCn1nc(C)cc1C(=O)Nc1nc2cc(C(N)=O)cc(OCCCNC(=O)C(C)CO)c2n1CCC[C@H]1COc2cc(C(N)=O)cc3nc(NC(=O)c4cc(C)nn4CC)n1c23. The Morgan fingerprint density at radius 1 is 0.841 bits per heavy atom. The number of hydrogen-bond acceptors (Lipinski definition) is 12. The van der Waals surface area contributed by atoms with Crippen molar-refractivity contribution >= 4 is 63.5 Å². The number of nitrogens with one attached hydrogen (secondary N) is 3. The van der Waals surface area contributed by atoms with Crippen LogP contribution in [0.4, 0.5) is 11.9 Å². The van der Waals surface area contributed by atoms with E-state index in [1.807, 2.05) is 18.4 Å². The lowest BCUT2D eigenvalue weighted by atomic mass is 10.1. The maximum atomic E-state index is 13.8.